The van der Waals surface area contributed by atoms with E-state index in [0.717, 1.165) is 6.26 Å². The lowest BCUT2D eigenvalue weighted by molar-refractivity contribution is -0.464. The number of halogens is 4. The number of rotatable bonds is 5. The van der Waals surface area contributed by atoms with Gasteiger partial charge in [0.2, 0.25) is 0 Å². The number of nitrogens with two attached hydrogens (primary N) is 1. The first-order valence-corrected chi connectivity index (χ1v) is 13.5. The second-order valence-electron chi connectivity index (χ2n) is 5.21. The monoisotopic (exact) mass is 569 g/mol. The molecule has 0 saturated carbocycles. The van der Waals surface area contributed by atoms with Gasteiger partial charge in [-0.05, 0) is 30.5 Å². The van der Waals surface area contributed by atoms with Crippen molar-refractivity contribution >= 4 is 64.6 Å². The number of nitrogens with one attached hydrogen (secondary N) is 1. The molecule has 1 unspecified atom stereocenters. The molecule has 16 heteroatoms. The molecule has 0 aliphatic heterocycles. The molecule has 0 radical (unpaired) electrons. The normalized spacial score (nSPS) is 13.7. The first-order chi connectivity index (χ1) is 13.6. The Morgan fingerprint density at radius 2 is 1.90 bits per heavy atom. The highest BCUT2D eigenvalue weighted by atomic mass is 79.9. The van der Waals surface area contributed by atoms with E-state index in [4.69, 9.17) is 16.4 Å². The van der Waals surface area contributed by atoms with E-state index in [2.05, 4.69) is 19.7 Å². The van der Waals surface area contributed by atoms with Crippen molar-refractivity contribution in [3.8, 4) is 0 Å². The van der Waals surface area contributed by atoms with Crippen molar-refractivity contribution in [2.45, 2.75) is 20.4 Å². The van der Waals surface area contributed by atoms with Gasteiger partial charge in [0.1, 0.15) is 15.6 Å². The van der Waals surface area contributed by atoms with Crippen molar-refractivity contribution in [3.63, 3.8) is 0 Å². The van der Waals surface area contributed by atoms with Gasteiger partial charge in [-0.25, -0.2) is 17.9 Å². The summed E-state index contributed by atoms with van der Waals surface area (Å²) in [6, 6.07) is 8.03. The van der Waals surface area contributed by atoms with Gasteiger partial charge >= 0.3 is 6.36 Å². The first-order valence-electron chi connectivity index (χ1n) is 7.28. The van der Waals surface area contributed by atoms with E-state index in [1.54, 1.807) is 30.5 Å². The Labute approximate surface area is 187 Å². The molecule has 0 aliphatic rings. The van der Waals surface area contributed by atoms with Crippen molar-refractivity contribution in [1.82, 2.24) is 0 Å². The Balaban J connectivity index is 0.000000656. The second kappa shape index (κ2) is 10.4. The maximum absolute atomic E-state index is 13.7. The van der Waals surface area contributed by atoms with Crippen LogP contribution in [0.25, 0.3) is 0 Å². The quantitative estimate of drug-likeness (QED) is 0.159. The van der Waals surface area contributed by atoms with Crippen molar-refractivity contribution in [2.75, 3.05) is 12.5 Å². The molecule has 0 amide bonds. The van der Waals surface area contributed by atoms with Crippen LogP contribution >= 0.6 is 39.0 Å². The van der Waals surface area contributed by atoms with Crippen LogP contribution < -0.4 is 5.73 Å². The molecule has 168 valence electrons. The molecular formula is C14H15BrF3N3O5S4. The lowest BCUT2D eigenvalue weighted by atomic mass is 10.4. The molecule has 1 aromatic carbocycles. The van der Waals surface area contributed by atoms with E-state index in [-0.39, 0.29) is 15.6 Å². The van der Waals surface area contributed by atoms with Crippen molar-refractivity contribution in [3.05, 3.63) is 39.7 Å². The van der Waals surface area contributed by atoms with Crippen molar-refractivity contribution in [2.24, 2.45) is 9.50 Å². The van der Waals surface area contributed by atoms with E-state index >= 15 is 0 Å². The Hall–Kier alpha value is -1.17. The predicted octanol–water partition coefficient (Wildman–Crippen LogP) is 4.36. The van der Waals surface area contributed by atoms with Crippen molar-refractivity contribution < 1.29 is 35.9 Å². The Morgan fingerprint density at radius 1 is 1.33 bits per heavy atom. The number of nitrogen functional groups attached to an aromatic ring is 1. The topological polar surface area (TPSA) is 143 Å². The van der Waals surface area contributed by atoms with Gasteiger partial charge in [0.15, 0.2) is 0 Å². The fourth-order valence-corrected chi connectivity index (χ4v) is 8.55. The van der Waals surface area contributed by atoms with Gasteiger partial charge in [0.25, 0.3) is 10.0 Å². The fourth-order valence-electron chi connectivity index (χ4n) is 1.87. The molecular weight excluding hydrogens is 555 g/mol. The highest BCUT2D eigenvalue weighted by molar-refractivity contribution is 9.10. The average Bonchev–Trinajstić information content (AvgIpc) is 3.05. The van der Waals surface area contributed by atoms with E-state index in [1.807, 2.05) is 4.89 Å². The summed E-state index contributed by atoms with van der Waals surface area (Å²) in [5.41, 5.74) is 5.52. The summed E-state index contributed by atoms with van der Waals surface area (Å²) in [5, 5.41) is 14.4. The number of amidine groups is 1. The first kappa shape index (κ1) is 26.9. The van der Waals surface area contributed by atoms with Gasteiger partial charge in [0, 0.05) is 4.47 Å². The Bertz CT molecular complexity index is 1140. The summed E-state index contributed by atoms with van der Waals surface area (Å²) in [7, 11) is -7.32. The molecule has 0 spiro atoms. The molecule has 4 N–H and O–H groups in total. The van der Waals surface area contributed by atoms with Gasteiger partial charge in [0.05, 0.1) is 25.1 Å². The van der Waals surface area contributed by atoms with Crippen LogP contribution in [-0.2, 0) is 24.6 Å². The minimum Gasteiger partial charge on any atom is -0.383 e. The third-order valence-electron chi connectivity index (χ3n) is 2.87. The van der Waals surface area contributed by atoms with Crippen LogP contribution in [0.2, 0.25) is 0 Å². The molecule has 0 fully saturated rings. The van der Waals surface area contributed by atoms with Gasteiger partial charge in [-0.15, -0.1) is 44.9 Å². The molecule has 0 bridgehead atoms. The van der Waals surface area contributed by atoms with Crippen LogP contribution in [0.3, 0.4) is 0 Å². The summed E-state index contributed by atoms with van der Waals surface area (Å²) in [4.78, 5) is 2.88. The summed E-state index contributed by atoms with van der Waals surface area (Å²) < 4.78 is 73.1. The lowest BCUT2D eigenvalue weighted by Crippen LogP contribution is -2.09. The van der Waals surface area contributed by atoms with Crippen LogP contribution in [0.4, 0.5) is 13.2 Å². The fraction of sp³-hybridized carbons (Fsp3) is 0.214. The smallest absolute Gasteiger partial charge is 0.383 e. The van der Waals surface area contributed by atoms with Crippen LogP contribution in [0.1, 0.15) is 4.88 Å². The molecule has 0 saturated heterocycles. The third-order valence-corrected chi connectivity index (χ3v) is 9.66. The third kappa shape index (κ3) is 7.82. The number of hydrogen-bond acceptors (Lipinski definition) is 8. The lowest BCUT2D eigenvalue weighted by Gasteiger charge is -2.10. The van der Waals surface area contributed by atoms with E-state index in [1.165, 1.54) is 29.2 Å². The molecule has 8 nitrogen and oxygen atoms in total. The van der Waals surface area contributed by atoms with Gasteiger partial charge in [-0.1, -0.05) is 22.0 Å². The number of nitrogens with zero attached hydrogens (tertiary/aromatic N) is 1. The van der Waals surface area contributed by atoms with E-state index < -0.39 is 26.1 Å². The standard InChI is InChI=1S/C13H14BrN3O3S4.CHF3O2/c1-21-13-11(7-10(22-13)12(15)16)24(20,17-23(2,18)19)9-5-3-4-8(14)6-9;2-1(3,4)6-5/h3-7H,1-2H3,(H3,15,16);5H. The van der Waals surface area contributed by atoms with Crippen LogP contribution in [0.15, 0.2) is 52.6 Å². The number of thioether (sulfide) groups is 1. The minimum absolute atomic E-state index is 0.170. The van der Waals surface area contributed by atoms with Crippen LogP contribution in [0.5, 0.6) is 0 Å². The molecule has 1 heterocycles. The van der Waals surface area contributed by atoms with Gasteiger partial charge in [-0.3, -0.25) is 5.41 Å². The zero-order valence-corrected chi connectivity index (χ0v) is 20.0. The highest BCUT2D eigenvalue weighted by Crippen LogP contribution is 2.38. The number of alkyl halides is 3. The number of thiophene rings is 1. The van der Waals surface area contributed by atoms with E-state index in [9.17, 15) is 25.8 Å². The average molecular weight is 570 g/mol. The number of hydrogen-bond donors (Lipinski definition) is 3. The maximum Gasteiger partial charge on any atom is 0.549 e. The predicted molar refractivity (Wildman–Crippen MR) is 113 cm³/mol. The summed E-state index contributed by atoms with van der Waals surface area (Å²) in [6.45, 7) is 0. The zero-order chi connectivity index (χ0) is 23.3. The highest BCUT2D eigenvalue weighted by Gasteiger charge is 2.29. The van der Waals surface area contributed by atoms with Crippen LogP contribution in [-0.4, -0.2) is 42.6 Å². The zero-order valence-electron chi connectivity index (χ0n) is 15.1. The summed E-state index contributed by atoms with van der Waals surface area (Å²) >= 11 is 5.79. The molecule has 0 aliphatic carbocycles. The minimum atomic E-state index is -4.90. The van der Waals surface area contributed by atoms with Gasteiger partial charge in [-0.2, -0.15) is 0 Å². The van der Waals surface area contributed by atoms with Gasteiger partial charge < -0.3 is 5.73 Å². The summed E-state index contributed by atoms with van der Waals surface area (Å²) in [5.74, 6) is -0.170. The number of benzene rings is 1. The maximum atomic E-state index is 13.7. The molecule has 1 atom stereocenters. The number of sulfonamides is 1. The SMILES string of the molecule is CSc1sc(C(=N)N)cc1S(=O)(=NS(C)(=O)=O)c1cccc(Br)c1.OOC(F)(F)F. The molecule has 1 aromatic heterocycles. The van der Waals surface area contributed by atoms with Crippen molar-refractivity contribution in [1.29, 1.82) is 5.41 Å². The van der Waals surface area contributed by atoms with Crippen LogP contribution in [0, 0.1) is 5.41 Å². The largest absolute Gasteiger partial charge is 0.549 e. The molecule has 2 rings (SSSR count). The molecule has 30 heavy (non-hydrogen) atoms. The Morgan fingerprint density at radius 3 is 2.30 bits per heavy atom. The molecule has 2 aromatic rings. The Kier molecular flexibility index (Phi) is 9.34. The second-order valence-corrected chi connectivity index (χ2v) is 12.3. The summed E-state index contributed by atoms with van der Waals surface area (Å²) in [6.07, 6.45) is -2.22. The van der Waals surface area contributed by atoms with E-state index in [0.29, 0.717) is 13.6 Å².